The molecule has 0 bridgehead atoms. The Balaban J connectivity index is 1.58. The summed E-state index contributed by atoms with van der Waals surface area (Å²) in [6.45, 7) is 7.97. The minimum atomic E-state index is -0.146. The van der Waals surface area contributed by atoms with E-state index in [1.54, 1.807) is 16.9 Å². The Morgan fingerprint density at radius 1 is 1.26 bits per heavy atom. The SMILES string of the molecule is COc1ccccc1N1CCN(CC(=O)NC2CC(C)CC(C)(C)C2)C1=O. The molecule has 1 saturated carbocycles. The number of carbonyl (C=O) groups excluding carboxylic acids is 2. The van der Waals surface area contributed by atoms with Crippen LogP contribution in [0.25, 0.3) is 0 Å². The van der Waals surface area contributed by atoms with Crippen LogP contribution in [0.3, 0.4) is 0 Å². The number of anilines is 1. The molecule has 148 valence electrons. The van der Waals surface area contributed by atoms with E-state index in [1.807, 2.05) is 24.3 Å². The standard InChI is InChI=1S/C21H31N3O3/c1-15-11-16(13-21(2,3)12-15)22-19(25)14-23-9-10-24(20(23)26)17-7-5-6-8-18(17)27-4/h5-8,15-16H,9-14H2,1-4H3,(H,22,25). The second-order valence-electron chi connectivity index (χ2n) is 8.71. The van der Waals surface area contributed by atoms with Crippen LogP contribution >= 0.6 is 0 Å². The van der Waals surface area contributed by atoms with Gasteiger partial charge in [0.2, 0.25) is 5.91 Å². The molecule has 2 aliphatic rings. The highest BCUT2D eigenvalue weighted by molar-refractivity contribution is 5.97. The third kappa shape index (κ3) is 4.54. The molecule has 0 radical (unpaired) electrons. The molecule has 1 aromatic carbocycles. The fraction of sp³-hybridized carbons (Fsp3) is 0.619. The van der Waals surface area contributed by atoms with Crippen molar-refractivity contribution in [3.63, 3.8) is 0 Å². The van der Waals surface area contributed by atoms with E-state index >= 15 is 0 Å². The van der Waals surface area contributed by atoms with Crippen molar-refractivity contribution < 1.29 is 14.3 Å². The van der Waals surface area contributed by atoms with Crippen molar-refractivity contribution in [3.8, 4) is 5.75 Å². The summed E-state index contributed by atoms with van der Waals surface area (Å²) in [6, 6.07) is 7.51. The fourth-order valence-corrected chi connectivity index (χ4v) is 4.71. The maximum Gasteiger partial charge on any atom is 0.325 e. The molecule has 1 heterocycles. The van der Waals surface area contributed by atoms with Gasteiger partial charge >= 0.3 is 6.03 Å². The first-order chi connectivity index (χ1) is 12.8. The van der Waals surface area contributed by atoms with Crippen molar-refractivity contribution in [2.75, 3.05) is 31.6 Å². The van der Waals surface area contributed by atoms with Crippen LogP contribution in [0.4, 0.5) is 10.5 Å². The van der Waals surface area contributed by atoms with Crippen LogP contribution < -0.4 is 15.0 Å². The molecule has 1 saturated heterocycles. The maximum atomic E-state index is 12.8. The van der Waals surface area contributed by atoms with Crippen LogP contribution in [0.15, 0.2) is 24.3 Å². The number of rotatable bonds is 5. The molecule has 6 heteroatoms. The first-order valence-electron chi connectivity index (χ1n) is 9.78. The van der Waals surface area contributed by atoms with Gasteiger partial charge in [-0.1, -0.05) is 32.9 Å². The van der Waals surface area contributed by atoms with E-state index in [0.29, 0.717) is 24.8 Å². The van der Waals surface area contributed by atoms with Crippen LogP contribution in [0.5, 0.6) is 5.75 Å². The minimum absolute atomic E-state index is 0.0693. The predicted molar refractivity (Wildman–Crippen MR) is 106 cm³/mol. The van der Waals surface area contributed by atoms with E-state index in [2.05, 4.69) is 26.1 Å². The number of methoxy groups -OCH3 is 1. The summed E-state index contributed by atoms with van der Waals surface area (Å²) in [6.07, 6.45) is 3.19. The summed E-state index contributed by atoms with van der Waals surface area (Å²) >= 11 is 0. The third-order valence-corrected chi connectivity index (χ3v) is 5.56. The molecule has 6 nitrogen and oxygen atoms in total. The van der Waals surface area contributed by atoms with Crippen molar-refractivity contribution in [1.29, 1.82) is 0 Å². The highest BCUT2D eigenvalue weighted by atomic mass is 16.5. The van der Waals surface area contributed by atoms with E-state index in [-0.39, 0.29) is 29.9 Å². The number of ether oxygens (including phenoxy) is 1. The number of para-hydroxylation sites is 2. The fourth-order valence-electron chi connectivity index (χ4n) is 4.71. The number of hydrogen-bond donors (Lipinski definition) is 1. The molecule has 27 heavy (non-hydrogen) atoms. The summed E-state index contributed by atoms with van der Waals surface area (Å²) < 4.78 is 5.36. The van der Waals surface area contributed by atoms with Gasteiger partial charge in [-0.25, -0.2) is 4.79 Å². The topological polar surface area (TPSA) is 61.9 Å². The molecule has 0 spiro atoms. The minimum Gasteiger partial charge on any atom is -0.495 e. The van der Waals surface area contributed by atoms with Gasteiger partial charge < -0.3 is 15.0 Å². The number of benzene rings is 1. The van der Waals surface area contributed by atoms with Crippen LogP contribution in [-0.2, 0) is 4.79 Å². The Labute approximate surface area is 161 Å². The molecule has 1 aliphatic carbocycles. The highest BCUT2D eigenvalue weighted by Crippen LogP contribution is 2.38. The van der Waals surface area contributed by atoms with Crippen LogP contribution in [0.2, 0.25) is 0 Å². The van der Waals surface area contributed by atoms with E-state index in [0.717, 1.165) is 18.5 Å². The first kappa shape index (κ1) is 19.5. The van der Waals surface area contributed by atoms with Gasteiger partial charge in [0.05, 0.1) is 12.8 Å². The maximum absolute atomic E-state index is 12.8. The van der Waals surface area contributed by atoms with Gasteiger partial charge in [-0.15, -0.1) is 0 Å². The van der Waals surface area contributed by atoms with Gasteiger partial charge in [0.15, 0.2) is 0 Å². The molecule has 3 amide bonds. The number of nitrogens with one attached hydrogen (secondary N) is 1. The van der Waals surface area contributed by atoms with Gasteiger partial charge in [-0.3, -0.25) is 9.69 Å². The smallest absolute Gasteiger partial charge is 0.325 e. The van der Waals surface area contributed by atoms with E-state index in [9.17, 15) is 9.59 Å². The molecule has 2 fully saturated rings. The average molecular weight is 373 g/mol. The Kier molecular flexibility index (Phi) is 5.63. The van der Waals surface area contributed by atoms with Gasteiger partial charge in [-0.05, 0) is 42.7 Å². The lowest BCUT2D eigenvalue weighted by atomic mass is 9.70. The van der Waals surface area contributed by atoms with Gasteiger partial charge in [-0.2, -0.15) is 0 Å². The van der Waals surface area contributed by atoms with Crippen LogP contribution in [0, 0.1) is 11.3 Å². The van der Waals surface area contributed by atoms with Crippen molar-refractivity contribution in [1.82, 2.24) is 10.2 Å². The highest BCUT2D eigenvalue weighted by Gasteiger charge is 2.35. The Hall–Kier alpha value is -2.24. The third-order valence-electron chi connectivity index (χ3n) is 5.56. The molecular weight excluding hydrogens is 342 g/mol. The predicted octanol–water partition coefficient (Wildman–Crippen LogP) is 3.27. The molecule has 1 aromatic rings. The number of urea groups is 1. The molecular formula is C21H31N3O3. The van der Waals surface area contributed by atoms with E-state index in [1.165, 1.54) is 6.42 Å². The Morgan fingerprint density at radius 2 is 2.00 bits per heavy atom. The zero-order valence-corrected chi connectivity index (χ0v) is 16.8. The molecule has 1 aliphatic heterocycles. The summed E-state index contributed by atoms with van der Waals surface area (Å²) in [5, 5.41) is 3.15. The van der Waals surface area contributed by atoms with Crippen molar-refractivity contribution in [2.24, 2.45) is 11.3 Å². The number of amides is 3. The largest absolute Gasteiger partial charge is 0.495 e. The van der Waals surface area contributed by atoms with Gasteiger partial charge in [0.1, 0.15) is 12.3 Å². The number of hydrogen-bond acceptors (Lipinski definition) is 3. The Bertz CT molecular complexity index is 704. The number of carbonyl (C=O) groups is 2. The van der Waals surface area contributed by atoms with Crippen LogP contribution in [0.1, 0.15) is 40.0 Å². The van der Waals surface area contributed by atoms with Crippen molar-refractivity contribution >= 4 is 17.6 Å². The van der Waals surface area contributed by atoms with Crippen LogP contribution in [-0.4, -0.2) is 49.6 Å². The zero-order valence-electron chi connectivity index (χ0n) is 16.8. The molecule has 2 atom stereocenters. The summed E-state index contributed by atoms with van der Waals surface area (Å²) in [5.41, 5.74) is 0.996. The summed E-state index contributed by atoms with van der Waals surface area (Å²) in [4.78, 5) is 28.6. The molecule has 0 aromatic heterocycles. The monoisotopic (exact) mass is 373 g/mol. The van der Waals surface area contributed by atoms with E-state index < -0.39 is 0 Å². The second kappa shape index (κ2) is 7.79. The Morgan fingerprint density at radius 3 is 2.70 bits per heavy atom. The first-order valence-corrected chi connectivity index (χ1v) is 9.78. The normalized spacial score (nSPS) is 24.8. The molecule has 2 unspecified atom stereocenters. The lowest BCUT2D eigenvalue weighted by Crippen LogP contribution is -2.47. The quantitative estimate of drug-likeness (QED) is 0.862. The molecule has 1 N–H and O–H groups in total. The summed E-state index contributed by atoms with van der Waals surface area (Å²) in [5.74, 6) is 1.20. The zero-order chi connectivity index (χ0) is 19.6. The van der Waals surface area contributed by atoms with Crippen molar-refractivity contribution in [2.45, 2.75) is 46.1 Å². The van der Waals surface area contributed by atoms with Gasteiger partial charge in [0, 0.05) is 19.1 Å². The molecule has 3 rings (SSSR count). The second-order valence-corrected chi connectivity index (χ2v) is 8.71. The lowest BCUT2D eigenvalue weighted by molar-refractivity contribution is -0.122. The average Bonchev–Trinajstić information content (AvgIpc) is 2.93. The van der Waals surface area contributed by atoms with Crippen molar-refractivity contribution in [3.05, 3.63) is 24.3 Å². The summed E-state index contributed by atoms with van der Waals surface area (Å²) in [7, 11) is 1.59. The van der Waals surface area contributed by atoms with Gasteiger partial charge in [0.25, 0.3) is 0 Å². The lowest BCUT2D eigenvalue weighted by Gasteiger charge is -2.39. The number of nitrogens with zero attached hydrogens (tertiary/aromatic N) is 2. The van der Waals surface area contributed by atoms with E-state index in [4.69, 9.17) is 4.74 Å².